The van der Waals surface area contributed by atoms with Crippen LogP contribution >= 0.6 is 23.7 Å². The number of guanidine groups is 1. The summed E-state index contributed by atoms with van der Waals surface area (Å²) in [6.45, 7) is 3.87. The molecular weight excluding hydrogens is 434 g/mol. The van der Waals surface area contributed by atoms with E-state index in [9.17, 15) is 10.1 Å². The topological polar surface area (TPSA) is 156 Å². The first-order chi connectivity index (χ1) is 13.8. The van der Waals surface area contributed by atoms with Gasteiger partial charge < -0.3 is 20.9 Å². The van der Waals surface area contributed by atoms with Crippen LogP contribution in [0.4, 0.5) is 5.69 Å². The standard InChI is InChI=1S/C17H19N7O4S.ClH/c1-8-9(2)29-17-21-14(10(23(8)17)7-20-22-16(18)19)13-11(27-3)5-6-12(28-4)15(13)24(25)26;/h5-7H,1-4H3,(H4,18,19,22);1H/b20-7+;. The zero-order valence-corrected chi connectivity index (χ0v) is 18.2. The fourth-order valence-electron chi connectivity index (χ4n) is 2.92. The number of ether oxygens (including phenoxy) is 2. The quantitative estimate of drug-likeness (QED) is 0.251. The minimum atomic E-state index is -0.529. The van der Waals surface area contributed by atoms with Crippen LogP contribution in [0, 0.1) is 24.0 Å². The summed E-state index contributed by atoms with van der Waals surface area (Å²) in [5.74, 6) is 0.142. The Morgan fingerprint density at radius 3 is 2.47 bits per heavy atom. The largest absolute Gasteiger partial charge is 0.496 e. The highest BCUT2D eigenvalue weighted by Crippen LogP contribution is 2.45. The van der Waals surface area contributed by atoms with E-state index in [2.05, 4.69) is 15.2 Å². The summed E-state index contributed by atoms with van der Waals surface area (Å²) in [6, 6.07) is 3.06. The Hall–Kier alpha value is -3.38. The summed E-state index contributed by atoms with van der Waals surface area (Å²) in [5.41, 5.74) is 12.3. The second-order valence-electron chi connectivity index (χ2n) is 5.93. The fraction of sp³-hybridized carbons (Fsp3) is 0.235. The van der Waals surface area contributed by atoms with Gasteiger partial charge in [-0.1, -0.05) is 0 Å². The fourth-order valence-corrected chi connectivity index (χ4v) is 3.90. The highest BCUT2D eigenvalue weighted by Gasteiger charge is 2.31. The molecule has 1 aromatic carbocycles. The average Bonchev–Trinajstić information content (AvgIpc) is 3.16. The van der Waals surface area contributed by atoms with Crippen LogP contribution in [0.1, 0.15) is 16.3 Å². The molecule has 0 aliphatic rings. The molecule has 2 heterocycles. The van der Waals surface area contributed by atoms with E-state index < -0.39 is 4.92 Å². The van der Waals surface area contributed by atoms with Crippen molar-refractivity contribution in [1.29, 1.82) is 0 Å². The van der Waals surface area contributed by atoms with Gasteiger partial charge in [0.05, 0.1) is 31.1 Å². The van der Waals surface area contributed by atoms with Crippen LogP contribution in [0.2, 0.25) is 0 Å². The minimum absolute atomic E-state index is 0. The summed E-state index contributed by atoms with van der Waals surface area (Å²) in [7, 11) is 2.79. The Bertz CT molecular complexity index is 1170. The number of benzene rings is 1. The lowest BCUT2D eigenvalue weighted by Crippen LogP contribution is -2.21. The lowest BCUT2D eigenvalue weighted by atomic mass is 10.1. The molecule has 4 N–H and O–H groups in total. The number of nitrogens with zero attached hydrogens (tertiary/aromatic N) is 5. The van der Waals surface area contributed by atoms with Crippen LogP contribution in [0.15, 0.2) is 22.3 Å². The number of nitro benzene ring substituents is 1. The Kier molecular flexibility index (Phi) is 6.84. The summed E-state index contributed by atoms with van der Waals surface area (Å²) < 4.78 is 12.4. The van der Waals surface area contributed by atoms with Gasteiger partial charge in [0, 0.05) is 10.6 Å². The van der Waals surface area contributed by atoms with E-state index in [4.69, 9.17) is 20.9 Å². The van der Waals surface area contributed by atoms with Gasteiger partial charge in [-0.3, -0.25) is 14.5 Å². The van der Waals surface area contributed by atoms with E-state index in [0.29, 0.717) is 16.3 Å². The zero-order valence-electron chi connectivity index (χ0n) is 16.6. The van der Waals surface area contributed by atoms with Gasteiger partial charge in [-0.2, -0.15) is 5.10 Å². The molecule has 0 unspecified atom stereocenters. The number of nitrogens with two attached hydrogens (primary N) is 2. The summed E-state index contributed by atoms with van der Waals surface area (Å²) >= 11 is 1.45. The first-order valence-electron chi connectivity index (χ1n) is 8.30. The van der Waals surface area contributed by atoms with Crippen LogP contribution < -0.4 is 20.9 Å². The molecule has 0 atom stereocenters. The SMILES string of the molecule is COc1ccc(OC)c([N+](=O)[O-])c1-c1nc2sc(C)c(C)n2c1/C=N/N=C(N)N.Cl. The van der Waals surface area contributed by atoms with Crippen molar-refractivity contribution in [3.05, 3.63) is 38.5 Å². The molecule has 0 saturated heterocycles. The molecule has 0 aliphatic heterocycles. The third-order valence-electron chi connectivity index (χ3n) is 4.29. The van der Waals surface area contributed by atoms with E-state index in [1.807, 2.05) is 18.2 Å². The molecule has 0 aliphatic carbocycles. The zero-order chi connectivity index (χ0) is 21.3. The monoisotopic (exact) mass is 453 g/mol. The number of hydrogen-bond acceptors (Lipinski definition) is 8. The van der Waals surface area contributed by atoms with Crippen molar-refractivity contribution in [3.63, 3.8) is 0 Å². The van der Waals surface area contributed by atoms with E-state index in [1.165, 1.54) is 37.8 Å². The molecule has 0 bridgehead atoms. The number of imidazole rings is 1. The van der Waals surface area contributed by atoms with Crippen molar-refractivity contribution in [3.8, 4) is 22.8 Å². The van der Waals surface area contributed by atoms with Gasteiger partial charge in [0.1, 0.15) is 17.0 Å². The Morgan fingerprint density at radius 1 is 1.27 bits per heavy atom. The van der Waals surface area contributed by atoms with E-state index in [1.54, 1.807) is 6.07 Å². The van der Waals surface area contributed by atoms with Crippen molar-refractivity contribution < 1.29 is 14.4 Å². The number of fused-ring (bicyclic) bond motifs is 1. The number of aromatic nitrogens is 2. The first kappa shape index (κ1) is 22.9. The normalized spacial score (nSPS) is 10.8. The summed E-state index contributed by atoms with van der Waals surface area (Å²) in [4.78, 5) is 17.7. The highest BCUT2D eigenvalue weighted by molar-refractivity contribution is 7.17. The van der Waals surface area contributed by atoms with Gasteiger partial charge in [-0.05, 0) is 26.0 Å². The van der Waals surface area contributed by atoms with Crippen LogP contribution in [-0.2, 0) is 0 Å². The Morgan fingerprint density at radius 2 is 1.90 bits per heavy atom. The smallest absolute Gasteiger partial charge is 0.324 e. The molecular formula is C17H20ClN7O4S. The molecule has 13 heteroatoms. The number of methoxy groups -OCH3 is 2. The van der Waals surface area contributed by atoms with Crippen LogP contribution in [0.3, 0.4) is 0 Å². The van der Waals surface area contributed by atoms with Crippen LogP contribution in [-0.4, -0.2) is 40.7 Å². The molecule has 0 radical (unpaired) electrons. The third-order valence-corrected chi connectivity index (χ3v) is 5.34. The minimum Gasteiger partial charge on any atom is -0.496 e. The molecule has 30 heavy (non-hydrogen) atoms. The first-order valence-corrected chi connectivity index (χ1v) is 9.11. The van der Waals surface area contributed by atoms with Crippen molar-refractivity contribution >= 4 is 46.6 Å². The molecule has 0 fully saturated rings. The molecule has 3 aromatic rings. The Balaban J connectivity index is 0.00000320. The number of nitro groups is 1. The van der Waals surface area contributed by atoms with Gasteiger partial charge in [0.2, 0.25) is 5.96 Å². The van der Waals surface area contributed by atoms with Gasteiger partial charge in [-0.15, -0.1) is 28.8 Å². The number of thiazole rings is 1. The molecule has 11 nitrogen and oxygen atoms in total. The van der Waals surface area contributed by atoms with Crippen LogP contribution in [0.5, 0.6) is 11.5 Å². The van der Waals surface area contributed by atoms with Crippen molar-refractivity contribution in [1.82, 2.24) is 9.38 Å². The van der Waals surface area contributed by atoms with Crippen molar-refractivity contribution in [2.45, 2.75) is 13.8 Å². The van der Waals surface area contributed by atoms with E-state index >= 15 is 0 Å². The molecule has 0 spiro atoms. The number of aryl methyl sites for hydroxylation is 2. The van der Waals surface area contributed by atoms with Crippen LogP contribution in [0.25, 0.3) is 16.2 Å². The Labute approximate surface area is 181 Å². The van der Waals surface area contributed by atoms with Gasteiger partial charge in [0.15, 0.2) is 10.7 Å². The summed E-state index contributed by atoms with van der Waals surface area (Å²) in [6.07, 6.45) is 1.40. The molecule has 0 amide bonds. The number of halogens is 1. The van der Waals surface area contributed by atoms with Crippen molar-refractivity contribution in [2.24, 2.45) is 21.7 Å². The maximum Gasteiger partial charge on any atom is 0.324 e. The second kappa shape index (κ2) is 8.97. The van der Waals surface area contributed by atoms with Crippen molar-refractivity contribution in [2.75, 3.05) is 14.2 Å². The average molecular weight is 454 g/mol. The maximum absolute atomic E-state index is 11.9. The highest BCUT2D eigenvalue weighted by atomic mass is 35.5. The lowest BCUT2D eigenvalue weighted by Gasteiger charge is -2.11. The maximum atomic E-state index is 11.9. The van der Waals surface area contributed by atoms with Gasteiger partial charge in [-0.25, -0.2) is 4.98 Å². The third kappa shape index (κ3) is 3.86. The summed E-state index contributed by atoms with van der Waals surface area (Å²) in [5, 5.41) is 19.4. The van der Waals surface area contributed by atoms with E-state index in [-0.39, 0.29) is 41.1 Å². The molecule has 3 rings (SSSR count). The van der Waals surface area contributed by atoms with Gasteiger partial charge in [0.25, 0.3) is 0 Å². The molecule has 0 saturated carbocycles. The number of rotatable bonds is 6. The predicted octanol–water partition coefficient (Wildman–Crippen LogP) is 2.63. The lowest BCUT2D eigenvalue weighted by molar-refractivity contribution is -0.385. The second-order valence-corrected chi connectivity index (χ2v) is 7.11. The van der Waals surface area contributed by atoms with Gasteiger partial charge >= 0.3 is 5.69 Å². The van der Waals surface area contributed by atoms with E-state index in [0.717, 1.165) is 10.6 Å². The predicted molar refractivity (Wildman–Crippen MR) is 118 cm³/mol. The molecule has 160 valence electrons. The number of hydrogen-bond donors (Lipinski definition) is 2. The molecule has 2 aromatic heterocycles.